The monoisotopic (exact) mass is 301 g/mol. The molecule has 0 fully saturated rings. The number of aliphatic hydroxyl groups excluding tert-OH is 1. The number of hydrogen-bond donors (Lipinski definition) is 1. The number of para-hydroxylation sites is 1. The van der Waals surface area contributed by atoms with Crippen molar-refractivity contribution in [3.05, 3.63) is 76.7 Å². The number of aliphatic hydroxyl groups is 1. The van der Waals surface area contributed by atoms with Crippen LogP contribution in [0.3, 0.4) is 0 Å². The summed E-state index contributed by atoms with van der Waals surface area (Å²) in [7, 11) is 0. The Hall–Kier alpha value is -1.97. The first-order valence-electron chi connectivity index (χ1n) is 6.60. The normalized spacial score (nSPS) is 12.5. The van der Waals surface area contributed by atoms with Gasteiger partial charge in [0.15, 0.2) is 0 Å². The van der Waals surface area contributed by atoms with Crippen molar-refractivity contribution in [1.29, 1.82) is 0 Å². The van der Waals surface area contributed by atoms with Crippen molar-refractivity contribution in [2.75, 3.05) is 0 Å². The predicted octanol–water partition coefficient (Wildman–Crippen LogP) is 4.30. The molecule has 1 atom stereocenters. The average Bonchev–Trinajstić information content (AvgIpc) is 2.46. The molecule has 1 unspecified atom stereocenters. The lowest BCUT2D eigenvalue weighted by Gasteiger charge is -2.13. The molecule has 1 heterocycles. The maximum absolute atomic E-state index is 13.4. The summed E-state index contributed by atoms with van der Waals surface area (Å²) in [4.78, 5) is 4.29. The van der Waals surface area contributed by atoms with E-state index in [9.17, 15) is 9.50 Å². The second-order valence-corrected chi connectivity index (χ2v) is 5.35. The quantitative estimate of drug-likeness (QED) is 0.782. The molecule has 0 saturated carbocycles. The van der Waals surface area contributed by atoms with Gasteiger partial charge < -0.3 is 5.11 Å². The fraction of sp³-hybridized carbons (Fsp3) is 0.118. The van der Waals surface area contributed by atoms with Gasteiger partial charge >= 0.3 is 0 Å². The van der Waals surface area contributed by atoms with E-state index in [1.807, 2.05) is 30.3 Å². The van der Waals surface area contributed by atoms with Crippen LogP contribution in [0.2, 0.25) is 5.02 Å². The molecule has 1 N–H and O–H groups in total. The first kappa shape index (κ1) is 14.0. The van der Waals surface area contributed by atoms with Gasteiger partial charge in [0.05, 0.1) is 11.6 Å². The zero-order valence-corrected chi connectivity index (χ0v) is 11.9. The van der Waals surface area contributed by atoms with Gasteiger partial charge in [0.2, 0.25) is 0 Å². The third-order valence-electron chi connectivity index (χ3n) is 3.42. The highest BCUT2D eigenvalue weighted by atomic mass is 35.5. The van der Waals surface area contributed by atoms with E-state index in [1.165, 1.54) is 12.1 Å². The summed E-state index contributed by atoms with van der Waals surface area (Å²) < 4.78 is 13.4. The molecule has 21 heavy (non-hydrogen) atoms. The molecule has 3 aromatic rings. The van der Waals surface area contributed by atoms with Crippen LogP contribution in [0.1, 0.15) is 17.2 Å². The van der Waals surface area contributed by atoms with Crippen LogP contribution in [0.4, 0.5) is 4.39 Å². The molecule has 0 spiro atoms. The lowest BCUT2D eigenvalue weighted by molar-refractivity contribution is 0.178. The van der Waals surface area contributed by atoms with Gasteiger partial charge in [-0.1, -0.05) is 29.8 Å². The van der Waals surface area contributed by atoms with Crippen molar-refractivity contribution in [1.82, 2.24) is 4.98 Å². The summed E-state index contributed by atoms with van der Waals surface area (Å²) in [6.07, 6.45) is 1.27. The fourth-order valence-electron chi connectivity index (χ4n) is 2.43. The number of halogens is 2. The van der Waals surface area contributed by atoms with E-state index in [-0.39, 0.29) is 5.02 Å². The molecule has 1 aromatic heterocycles. The van der Waals surface area contributed by atoms with Crippen LogP contribution in [-0.2, 0) is 6.42 Å². The largest absolute Gasteiger partial charge is 0.388 e. The third kappa shape index (κ3) is 3.04. The minimum absolute atomic E-state index is 0.281. The van der Waals surface area contributed by atoms with Crippen LogP contribution in [0.15, 0.2) is 54.7 Å². The van der Waals surface area contributed by atoms with Crippen LogP contribution in [0.25, 0.3) is 10.9 Å². The Morgan fingerprint density at radius 1 is 1.14 bits per heavy atom. The molecular formula is C17H13ClFNO. The smallest absolute Gasteiger partial charge is 0.125 e. The number of benzene rings is 2. The molecule has 0 aliphatic carbocycles. The molecule has 2 nitrogen and oxygen atoms in total. The highest BCUT2D eigenvalue weighted by Gasteiger charge is 2.12. The van der Waals surface area contributed by atoms with Crippen LogP contribution >= 0.6 is 11.6 Å². The first-order valence-corrected chi connectivity index (χ1v) is 6.98. The van der Waals surface area contributed by atoms with Gasteiger partial charge in [0, 0.05) is 23.0 Å². The van der Waals surface area contributed by atoms with Gasteiger partial charge in [0.1, 0.15) is 5.82 Å². The topological polar surface area (TPSA) is 33.1 Å². The molecule has 3 rings (SSSR count). The summed E-state index contributed by atoms with van der Waals surface area (Å²) >= 11 is 5.83. The first-order chi connectivity index (χ1) is 10.1. The van der Waals surface area contributed by atoms with Crippen molar-refractivity contribution in [2.24, 2.45) is 0 Å². The van der Waals surface area contributed by atoms with E-state index < -0.39 is 11.9 Å². The maximum Gasteiger partial charge on any atom is 0.125 e. The minimum atomic E-state index is -0.816. The van der Waals surface area contributed by atoms with Crippen LogP contribution < -0.4 is 0 Å². The fourth-order valence-corrected chi connectivity index (χ4v) is 2.66. The van der Waals surface area contributed by atoms with Gasteiger partial charge in [-0.15, -0.1) is 0 Å². The Bertz CT molecular complexity index is 765. The summed E-state index contributed by atoms with van der Waals surface area (Å²) in [5.74, 6) is -0.448. The summed E-state index contributed by atoms with van der Waals surface area (Å²) in [6, 6.07) is 13.7. The van der Waals surface area contributed by atoms with Crippen LogP contribution in [0.5, 0.6) is 0 Å². The van der Waals surface area contributed by atoms with E-state index in [2.05, 4.69) is 4.98 Å². The summed E-state index contributed by atoms with van der Waals surface area (Å²) in [5.41, 5.74) is 2.31. The Kier molecular flexibility index (Phi) is 3.86. The number of nitrogens with zero attached hydrogens (tertiary/aromatic N) is 1. The molecule has 2 aromatic carbocycles. The zero-order chi connectivity index (χ0) is 14.8. The standard InChI is InChI=1S/C17H13ClFNO/c18-13-7-12(8-14(19)10-13)17(21)9-11-5-6-20-16-4-2-1-3-15(11)16/h1-8,10,17,21H,9H2. The number of pyridine rings is 1. The predicted molar refractivity (Wildman–Crippen MR) is 81.8 cm³/mol. The lowest BCUT2D eigenvalue weighted by atomic mass is 9.99. The second kappa shape index (κ2) is 5.80. The van der Waals surface area contributed by atoms with Crippen molar-refractivity contribution >= 4 is 22.5 Å². The van der Waals surface area contributed by atoms with Crippen molar-refractivity contribution in [2.45, 2.75) is 12.5 Å². The molecule has 0 radical (unpaired) electrons. The van der Waals surface area contributed by atoms with Crippen LogP contribution in [-0.4, -0.2) is 10.1 Å². The molecule has 0 bridgehead atoms. The SMILES string of the molecule is OC(Cc1ccnc2ccccc12)c1cc(F)cc(Cl)c1. The van der Waals surface area contributed by atoms with E-state index in [0.717, 1.165) is 16.5 Å². The van der Waals surface area contributed by atoms with E-state index in [1.54, 1.807) is 12.3 Å². The Balaban J connectivity index is 1.94. The number of rotatable bonds is 3. The number of hydrogen-bond acceptors (Lipinski definition) is 2. The summed E-state index contributed by atoms with van der Waals surface area (Å²) in [6.45, 7) is 0. The van der Waals surface area contributed by atoms with Crippen LogP contribution in [0, 0.1) is 5.82 Å². The zero-order valence-electron chi connectivity index (χ0n) is 11.1. The molecule has 0 aliphatic rings. The third-order valence-corrected chi connectivity index (χ3v) is 3.64. The maximum atomic E-state index is 13.4. The molecule has 0 saturated heterocycles. The molecule has 0 aliphatic heterocycles. The van der Waals surface area contributed by atoms with Gasteiger partial charge in [-0.3, -0.25) is 4.98 Å². The lowest BCUT2D eigenvalue weighted by Crippen LogP contribution is -2.03. The number of fused-ring (bicyclic) bond motifs is 1. The Morgan fingerprint density at radius 3 is 2.76 bits per heavy atom. The second-order valence-electron chi connectivity index (χ2n) is 4.91. The van der Waals surface area contributed by atoms with Gasteiger partial charge in [-0.05, 0) is 41.5 Å². The van der Waals surface area contributed by atoms with E-state index >= 15 is 0 Å². The molecule has 4 heteroatoms. The van der Waals surface area contributed by atoms with Crippen molar-refractivity contribution in [3.63, 3.8) is 0 Å². The Morgan fingerprint density at radius 2 is 1.95 bits per heavy atom. The van der Waals surface area contributed by atoms with Crippen molar-refractivity contribution in [3.8, 4) is 0 Å². The molecule has 106 valence electrons. The van der Waals surface area contributed by atoms with E-state index in [0.29, 0.717) is 12.0 Å². The molecular weight excluding hydrogens is 289 g/mol. The number of aromatic nitrogens is 1. The Labute approximate surface area is 126 Å². The average molecular weight is 302 g/mol. The minimum Gasteiger partial charge on any atom is -0.388 e. The van der Waals surface area contributed by atoms with E-state index in [4.69, 9.17) is 11.6 Å². The summed E-state index contributed by atoms with van der Waals surface area (Å²) in [5, 5.41) is 11.6. The highest BCUT2D eigenvalue weighted by Crippen LogP contribution is 2.25. The van der Waals surface area contributed by atoms with Crippen molar-refractivity contribution < 1.29 is 9.50 Å². The van der Waals surface area contributed by atoms with Gasteiger partial charge in [0.25, 0.3) is 0 Å². The van der Waals surface area contributed by atoms with Gasteiger partial charge in [-0.25, -0.2) is 4.39 Å². The highest BCUT2D eigenvalue weighted by molar-refractivity contribution is 6.30. The molecule has 0 amide bonds. The van der Waals surface area contributed by atoms with Gasteiger partial charge in [-0.2, -0.15) is 0 Å².